The number of amides is 1. The average molecular weight is 359 g/mol. The Morgan fingerprint density at radius 3 is 2.69 bits per heavy atom. The molecule has 0 saturated carbocycles. The first kappa shape index (κ1) is 17.7. The number of rotatable bonds is 4. The number of piperidine rings is 1. The fourth-order valence-electron chi connectivity index (χ4n) is 5.36. The molecule has 3 aliphatic rings. The van der Waals surface area contributed by atoms with Gasteiger partial charge in [-0.1, -0.05) is 13.0 Å². The fourth-order valence-corrected chi connectivity index (χ4v) is 5.36. The number of aromatic nitrogens is 1. The molecule has 0 spiro atoms. The zero-order valence-electron chi connectivity index (χ0n) is 15.5. The van der Waals surface area contributed by atoms with Crippen LogP contribution in [0.15, 0.2) is 23.0 Å². The maximum Gasteiger partial charge on any atom is 0.250 e. The Morgan fingerprint density at radius 2 is 2.00 bits per heavy atom. The summed E-state index contributed by atoms with van der Waals surface area (Å²) in [6.45, 7) is 5.20. The molecule has 142 valence electrons. The van der Waals surface area contributed by atoms with E-state index in [2.05, 4.69) is 11.8 Å². The Morgan fingerprint density at radius 1 is 1.23 bits per heavy atom. The fraction of sp³-hybridized carbons (Fsp3) is 0.700. The number of aliphatic hydroxyl groups excluding tert-OH is 1. The molecule has 0 aliphatic carbocycles. The number of carbonyl (C=O) groups excluding carboxylic acids is 1. The summed E-state index contributed by atoms with van der Waals surface area (Å²) in [5.74, 6) is 0.192. The van der Waals surface area contributed by atoms with Crippen molar-refractivity contribution in [3.05, 3.63) is 34.2 Å². The summed E-state index contributed by atoms with van der Waals surface area (Å²) in [4.78, 5) is 29.9. The minimum absolute atomic E-state index is 0.00559. The molecule has 2 saturated heterocycles. The van der Waals surface area contributed by atoms with Crippen LogP contribution in [0.4, 0.5) is 0 Å². The molecule has 26 heavy (non-hydrogen) atoms. The molecule has 0 bridgehead atoms. The van der Waals surface area contributed by atoms with Crippen LogP contribution in [-0.2, 0) is 11.3 Å². The molecule has 1 aromatic heterocycles. The number of fused-ring (bicyclic) bond motifs is 3. The Kier molecular flexibility index (Phi) is 4.88. The summed E-state index contributed by atoms with van der Waals surface area (Å²) in [6, 6.07) is 5.21. The van der Waals surface area contributed by atoms with E-state index in [0.29, 0.717) is 6.54 Å². The standard InChI is InChI=1S/C20H29N3O3/c1-2-9-22-18-14(12-23-16(18)7-6-8-17(23)25)15(13-24)19(22)20(26)21-10-4-3-5-11-21/h6-8,14-15,18-19,24H,2-5,9-13H2,1H3/t14-,15-,18+,19-/m0/s1. The number of hydrogen-bond donors (Lipinski definition) is 1. The number of carbonyl (C=O) groups is 1. The maximum atomic E-state index is 13.4. The maximum absolute atomic E-state index is 13.4. The Balaban J connectivity index is 1.70. The molecule has 4 heterocycles. The molecule has 0 unspecified atom stereocenters. The zero-order chi connectivity index (χ0) is 18.3. The SMILES string of the molecule is CCCN1[C@H](C(=O)N2CCCCC2)[C@@H](CO)[C@@H]2Cn3c(cccc3=O)[C@@H]21. The molecule has 3 aliphatic heterocycles. The van der Waals surface area contributed by atoms with Crippen LogP contribution in [-0.4, -0.2) is 57.7 Å². The second kappa shape index (κ2) is 7.16. The van der Waals surface area contributed by atoms with Crippen molar-refractivity contribution in [3.8, 4) is 0 Å². The van der Waals surface area contributed by atoms with Gasteiger partial charge in [0.2, 0.25) is 5.91 Å². The normalized spacial score (nSPS) is 31.1. The van der Waals surface area contributed by atoms with Crippen LogP contribution in [0.1, 0.15) is 44.3 Å². The highest BCUT2D eigenvalue weighted by Crippen LogP contribution is 2.49. The number of pyridine rings is 1. The Hall–Kier alpha value is -1.66. The van der Waals surface area contributed by atoms with E-state index >= 15 is 0 Å². The summed E-state index contributed by atoms with van der Waals surface area (Å²) in [5, 5.41) is 10.2. The summed E-state index contributed by atoms with van der Waals surface area (Å²) >= 11 is 0. The van der Waals surface area contributed by atoms with Gasteiger partial charge in [0.1, 0.15) is 0 Å². The number of aliphatic hydroxyl groups is 1. The van der Waals surface area contributed by atoms with E-state index in [0.717, 1.165) is 44.6 Å². The molecular formula is C20H29N3O3. The minimum Gasteiger partial charge on any atom is -0.396 e. The Bertz CT molecular complexity index is 725. The lowest BCUT2D eigenvalue weighted by molar-refractivity contribution is -0.139. The van der Waals surface area contributed by atoms with Gasteiger partial charge in [0, 0.05) is 49.8 Å². The van der Waals surface area contributed by atoms with Crippen LogP contribution in [0.3, 0.4) is 0 Å². The van der Waals surface area contributed by atoms with Gasteiger partial charge in [-0.2, -0.15) is 0 Å². The van der Waals surface area contributed by atoms with Gasteiger partial charge in [0.05, 0.1) is 12.1 Å². The van der Waals surface area contributed by atoms with E-state index in [1.165, 1.54) is 6.42 Å². The second-order valence-electron chi connectivity index (χ2n) is 7.92. The van der Waals surface area contributed by atoms with E-state index in [4.69, 9.17) is 0 Å². The Labute approximate surface area is 154 Å². The molecule has 4 atom stereocenters. The van der Waals surface area contributed by atoms with Gasteiger partial charge in [0.25, 0.3) is 5.56 Å². The third-order valence-corrected chi connectivity index (χ3v) is 6.47. The lowest BCUT2D eigenvalue weighted by Gasteiger charge is -2.36. The lowest BCUT2D eigenvalue weighted by Crippen LogP contribution is -2.51. The molecule has 0 aromatic carbocycles. The summed E-state index contributed by atoms with van der Waals surface area (Å²) in [7, 11) is 0. The van der Waals surface area contributed by atoms with Crippen molar-refractivity contribution in [2.24, 2.45) is 11.8 Å². The van der Waals surface area contributed by atoms with Crippen molar-refractivity contribution in [3.63, 3.8) is 0 Å². The monoisotopic (exact) mass is 359 g/mol. The van der Waals surface area contributed by atoms with E-state index in [1.807, 2.05) is 21.6 Å². The predicted octanol–water partition coefficient (Wildman–Crippen LogP) is 1.23. The molecule has 1 aromatic rings. The third-order valence-electron chi connectivity index (χ3n) is 6.47. The quantitative estimate of drug-likeness (QED) is 0.878. The van der Waals surface area contributed by atoms with Crippen LogP contribution >= 0.6 is 0 Å². The summed E-state index contributed by atoms with van der Waals surface area (Å²) in [6.07, 6.45) is 4.28. The molecular weight excluding hydrogens is 330 g/mol. The van der Waals surface area contributed by atoms with Gasteiger partial charge in [-0.3, -0.25) is 14.5 Å². The van der Waals surface area contributed by atoms with Crippen molar-refractivity contribution < 1.29 is 9.90 Å². The first-order chi connectivity index (χ1) is 12.7. The van der Waals surface area contributed by atoms with Crippen molar-refractivity contribution in [2.75, 3.05) is 26.2 Å². The smallest absolute Gasteiger partial charge is 0.250 e. The van der Waals surface area contributed by atoms with E-state index in [-0.39, 0.29) is 42.0 Å². The number of nitrogens with zero attached hydrogens (tertiary/aromatic N) is 3. The lowest BCUT2D eigenvalue weighted by atomic mass is 9.88. The second-order valence-corrected chi connectivity index (χ2v) is 7.92. The van der Waals surface area contributed by atoms with Crippen LogP contribution < -0.4 is 5.56 Å². The topological polar surface area (TPSA) is 65.8 Å². The first-order valence-corrected chi connectivity index (χ1v) is 10.0. The summed E-state index contributed by atoms with van der Waals surface area (Å²) < 4.78 is 1.84. The van der Waals surface area contributed by atoms with Gasteiger partial charge in [-0.15, -0.1) is 0 Å². The van der Waals surface area contributed by atoms with Crippen molar-refractivity contribution >= 4 is 5.91 Å². The van der Waals surface area contributed by atoms with E-state index < -0.39 is 0 Å². The zero-order valence-corrected chi connectivity index (χ0v) is 15.5. The van der Waals surface area contributed by atoms with Crippen LogP contribution in [0.2, 0.25) is 0 Å². The first-order valence-electron chi connectivity index (χ1n) is 10.0. The van der Waals surface area contributed by atoms with Crippen molar-refractivity contribution in [1.82, 2.24) is 14.4 Å². The minimum atomic E-state index is -0.267. The molecule has 2 fully saturated rings. The van der Waals surface area contributed by atoms with Crippen LogP contribution in [0.25, 0.3) is 0 Å². The van der Waals surface area contributed by atoms with Crippen LogP contribution in [0.5, 0.6) is 0 Å². The average Bonchev–Trinajstić information content (AvgIpc) is 3.18. The van der Waals surface area contributed by atoms with Gasteiger partial charge in [-0.05, 0) is 38.3 Å². The number of likely N-dealkylation sites (tertiary alicyclic amines) is 2. The number of hydrogen-bond acceptors (Lipinski definition) is 4. The highest BCUT2D eigenvalue weighted by Gasteiger charge is 2.55. The highest BCUT2D eigenvalue weighted by molar-refractivity contribution is 5.83. The molecule has 1 N–H and O–H groups in total. The molecule has 6 nitrogen and oxygen atoms in total. The van der Waals surface area contributed by atoms with E-state index in [9.17, 15) is 14.7 Å². The third kappa shape index (κ3) is 2.70. The van der Waals surface area contributed by atoms with Crippen molar-refractivity contribution in [2.45, 2.75) is 51.2 Å². The van der Waals surface area contributed by atoms with Gasteiger partial charge in [0.15, 0.2) is 0 Å². The van der Waals surface area contributed by atoms with Crippen LogP contribution in [0, 0.1) is 11.8 Å². The summed E-state index contributed by atoms with van der Waals surface area (Å²) in [5.41, 5.74) is 1.02. The molecule has 4 rings (SSSR count). The van der Waals surface area contributed by atoms with Gasteiger partial charge in [-0.25, -0.2) is 0 Å². The predicted molar refractivity (Wildman–Crippen MR) is 98.7 cm³/mol. The van der Waals surface area contributed by atoms with Crippen molar-refractivity contribution in [1.29, 1.82) is 0 Å². The molecule has 6 heteroatoms. The molecule has 0 radical (unpaired) electrons. The van der Waals surface area contributed by atoms with E-state index in [1.54, 1.807) is 6.07 Å². The van der Waals surface area contributed by atoms with Gasteiger partial charge >= 0.3 is 0 Å². The highest BCUT2D eigenvalue weighted by atomic mass is 16.3. The molecule has 1 amide bonds. The van der Waals surface area contributed by atoms with Gasteiger partial charge < -0.3 is 14.6 Å². The largest absolute Gasteiger partial charge is 0.396 e.